The molecule has 108 valence electrons. The quantitative estimate of drug-likeness (QED) is 0.880. The Bertz CT molecular complexity index is 592. The van der Waals surface area contributed by atoms with E-state index in [-0.39, 0.29) is 17.6 Å². The molecular formula is C13H16ClN3O3. The van der Waals surface area contributed by atoms with Crippen molar-refractivity contribution in [1.29, 1.82) is 0 Å². The first-order valence-electron chi connectivity index (χ1n) is 6.25. The summed E-state index contributed by atoms with van der Waals surface area (Å²) in [6, 6.07) is 3.32. The predicted molar refractivity (Wildman–Crippen MR) is 73.6 cm³/mol. The lowest BCUT2D eigenvalue weighted by Gasteiger charge is -2.09. The molecule has 0 bridgehead atoms. The van der Waals surface area contributed by atoms with Gasteiger partial charge in [-0.15, -0.1) is 0 Å². The fourth-order valence-corrected chi connectivity index (χ4v) is 2.12. The van der Waals surface area contributed by atoms with Crippen LogP contribution in [0.4, 0.5) is 0 Å². The Hall–Kier alpha value is -1.79. The Morgan fingerprint density at radius 3 is 3.00 bits per heavy atom. The van der Waals surface area contributed by atoms with Gasteiger partial charge in [-0.2, -0.15) is 5.10 Å². The smallest absolute Gasteiger partial charge is 0.256 e. The van der Waals surface area contributed by atoms with Crippen LogP contribution in [0.15, 0.2) is 22.8 Å². The lowest BCUT2D eigenvalue weighted by molar-refractivity contribution is 0.0900. The topological polar surface area (TPSA) is 80.3 Å². The molecule has 0 aromatic carbocycles. The Balaban J connectivity index is 2.05. The third-order valence-electron chi connectivity index (χ3n) is 2.94. The second kappa shape index (κ2) is 6.11. The molecule has 1 amide bonds. The second-order valence-electron chi connectivity index (χ2n) is 4.33. The number of aromatic nitrogens is 2. The van der Waals surface area contributed by atoms with Crippen LogP contribution in [0.5, 0.6) is 0 Å². The van der Waals surface area contributed by atoms with Gasteiger partial charge in [0.15, 0.2) is 0 Å². The molecule has 1 atom stereocenters. The van der Waals surface area contributed by atoms with Crippen molar-refractivity contribution in [2.75, 3.05) is 6.54 Å². The van der Waals surface area contributed by atoms with E-state index >= 15 is 0 Å². The lowest BCUT2D eigenvalue weighted by Crippen LogP contribution is -2.29. The van der Waals surface area contributed by atoms with Gasteiger partial charge in [0.05, 0.1) is 24.1 Å². The molecule has 0 fully saturated rings. The van der Waals surface area contributed by atoms with Gasteiger partial charge in [0.1, 0.15) is 17.0 Å². The van der Waals surface area contributed by atoms with Crippen molar-refractivity contribution in [3.8, 4) is 0 Å². The summed E-state index contributed by atoms with van der Waals surface area (Å²) < 4.78 is 6.52. The van der Waals surface area contributed by atoms with Crippen LogP contribution in [-0.4, -0.2) is 27.3 Å². The number of aliphatic hydroxyl groups is 1. The van der Waals surface area contributed by atoms with Gasteiger partial charge < -0.3 is 14.8 Å². The van der Waals surface area contributed by atoms with Crippen molar-refractivity contribution < 1.29 is 14.3 Å². The van der Waals surface area contributed by atoms with Crippen LogP contribution in [-0.2, 0) is 13.5 Å². The van der Waals surface area contributed by atoms with Gasteiger partial charge >= 0.3 is 0 Å². The monoisotopic (exact) mass is 297 g/mol. The van der Waals surface area contributed by atoms with Crippen molar-refractivity contribution in [3.63, 3.8) is 0 Å². The SMILES string of the molecule is CCc1nn(C)c(Cl)c1C(=O)NCC(O)c1ccco1. The van der Waals surface area contributed by atoms with Crippen LogP contribution in [0.25, 0.3) is 0 Å². The number of nitrogens with zero attached hydrogens (tertiary/aromatic N) is 2. The van der Waals surface area contributed by atoms with Crippen LogP contribution < -0.4 is 5.32 Å². The van der Waals surface area contributed by atoms with Crippen LogP contribution in [0.3, 0.4) is 0 Å². The number of nitrogens with one attached hydrogen (secondary N) is 1. The maximum Gasteiger partial charge on any atom is 0.256 e. The molecule has 0 aliphatic carbocycles. The van der Waals surface area contributed by atoms with Crippen molar-refractivity contribution in [1.82, 2.24) is 15.1 Å². The van der Waals surface area contributed by atoms with E-state index in [0.717, 1.165) is 0 Å². The first kappa shape index (κ1) is 14.6. The zero-order chi connectivity index (χ0) is 14.7. The first-order chi connectivity index (χ1) is 9.54. The average molecular weight is 298 g/mol. The molecule has 1 unspecified atom stereocenters. The van der Waals surface area contributed by atoms with E-state index in [2.05, 4.69) is 10.4 Å². The molecule has 6 nitrogen and oxygen atoms in total. The summed E-state index contributed by atoms with van der Waals surface area (Å²) in [5, 5.41) is 16.9. The van der Waals surface area contributed by atoms with Gasteiger partial charge in [-0.25, -0.2) is 0 Å². The van der Waals surface area contributed by atoms with Crippen LogP contribution >= 0.6 is 11.6 Å². The summed E-state index contributed by atoms with van der Waals surface area (Å²) >= 11 is 6.06. The van der Waals surface area contributed by atoms with E-state index in [1.807, 2.05) is 6.92 Å². The van der Waals surface area contributed by atoms with Crippen LogP contribution in [0.1, 0.15) is 34.8 Å². The minimum atomic E-state index is -0.894. The van der Waals surface area contributed by atoms with E-state index in [9.17, 15) is 9.90 Å². The summed E-state index contributed by atoms with van der Waals surface area (Å²) in [6.45, 7) is 1.94. The standard InChI is InChI=1S/C13H16ClN3O3/c1-3-8-11(12(14)17(2)16-8)13(19)15-7-9(18)10-5-4-6-20-10/h4-6,9,18H,3,7H2,1-2H3,(H,15,19). The lowest BCUT2D eigenvalue weighted by atomic mass is 10.2. The molecule has 7 heteroatoms. The summed E-state index contributed by atoms with van der Waals surface area (Å²) in [5.74, 6) is 0.0452. The number of aryl methyl sites for hydroxylation is 2. The highest BCUT2D eigenvalue weighted by molar-refractivity contribution is 6.33. The van der Waals surface area contributed by atoms with Gasteiger partial charge in [0.2, 0.25) is 0 Å². The molecule has 0 saturated heterocycles. The molecule has 0 saturated carbocycles. The minimum Gasteiger partial charge on any atom is -0.467 e. The van der Waals surface area contributed by atoms with Gasteiger partial charge in [-0.1, -0.05) is 18.5 Å². The van der Waals surface area contributed by atoms with E-state index in [1.54, 1.807) is 19.2 Å². The maximum atomic E-state index is 12.1. The molecule has 2 heterocycles. The predicted octanol–water partition coefficient (Wildman–Crippen LogP) is 1.69. The summed E-state index contributed by atoms with van der Waals surface area (Å²) in [5.41, 5.74) is 0.978. The van der Waals surface area contributed by atoms with Gasteiger partial charge in [-0.3, -0.25) is 9.48 Å². The van der Waals surface area contributed by atoms with Gasteiger partial charge in [0, 0.05) is 7.05 Å². The summed E-state index contributed by atoms with van der Waals surface area (Å²) in [6.07, 6.45) is 1.17. The van der Waals surface area contributed by atoms with E-state index in [4.69, 9.17) is 16.0 Å². The van der Waals surface area contributed by atoms with Crippen molar-refractivity contribution in [2.45, 2.75) is 19.4 Å². The number of carbonyl (C=O) groups excluding carboxylic acids is 1. The average Bonchev–Trinajstić information content (AvgIpc) is 3.05. The van der Waals surface area contributed by atoms with E-state index in [0.29, 0.717) is 23.4 Å². The first-order valence-corrected chi connectivity index (χ1v) is 6.63. The molecule has 2 N–H and O–H groups in total. The van der Waals surface area contributed by atoms with Crippen molar-refractivity contribution in [2.24, 2.45) is 7.05 Å². The summed E-state index contributed by atoms with van der Waals surface area (Å²) in [4.78, 5) is 12.1. The number of carbonyl (C=O) groups is 1. The van der Waals surface area contributed by atoms with E-state index in [1.165, 1.54) is 10.9 Å². The normalized spacial score (nSPS) is 12.4. The third kappa shape index (κ3) is 2.86. The third-order valence-corrected chi connectivity index (χ3v) is 3.37. The fourth-order valence-electron chi connectivity index (χ4n) is 1.89. The van der Waals surface area contributed by atoms with Gasteiger partial charge in [-0.05, 0) is 18.6 Å². The molecule has 0 spiro atoms. The Kier molecular flexibility index (Phi) is 4.46. The molecule has 2 rings (SSSR count). The number of hydrogen-bond donors (Lipinski definition) is 2. The number of halogens is 1. The van der Waals surface area contributed by atoms with Crippen LogP contribution in [0, 0.1) is 0 Å². The van der Waals surface area contributed by atoms with E-state index < -0.39 is 6.10 Å². The largest absolute Gasteiger partial charge is 0.467 e. The number of hydrogen-bond acceptors (Lipinski definition) is 4. The molecule has 2 aromatic rings. The molecule has 0 aliphatic rings. The number of rotatable bonds is 5. The number of amides is 1. The highest BCUT2D eigenvalue weighted by Crippen LogP contribution is 2.20. The Morgan fingerprint density at radius 1 is 1.65 bits per heavy atom. The second-order valence-corrected chi connectivity index (χ2v) is 4.69. The van der Waals surface area contributed by atoms with Gasteiger partial charge in [0.25, 0.3) is 5.91 Å². The van der Waals surface area contributed by atoms with Crippen molar-refractivity contribution >= 4 is 17.5 Å². The zero-order valence-electron chi connectivity index (χ0n) is 11.3. The van der Waals surface area contributed by atoms with Crippen LogP contribution in [0.2, 0.25) is 5.15 Å². The number of furan rings is 1. The molecule has 20 heavy (non-hydrogen) atoms. The Labute approximate surface area is 121 Å². The highest BCUT2D eigenvalue weighted by atomic mass is 35.5. The maximum absolute atomic E-state index is 12.1. The van der Waals surface area contributed by atoms with Crippen molar-refractivity contribution in [3.05, 3.63) is 40.6 Å². The highest BCUT2D eigenvalue weighted by Gasteiger charge is 2.21. The minimum absolute atomic E-state index is 0.0424. The molecule has 0 radical (unpaired) electrons. The number of aliphatic hydroxyl groups excluding tert-OH is 1. The molecular weight excluding hydrogens is 282 g/mol. The fraction of sp³-hybridized carbons (Fsp3) is 0.385. The molecule has 0 aliphatic heterocycles. The zero-order valence-corrected chi connectivity index (χ0v) is 12.0. The molecule has 2 aromatic heterocycles. The summed E-state index contributed by atoms with van der Waals surface area (Å²) in [7, 11) is 1.68. The Morgan fingerprint density at radius 2 is 2.40 bits per heavy atom.